The smallest absolute Gasteiger partial charge is 0.162 e. The van der Waals surface area contributed by atoms with Gasteiger partial charge >= 0.3 is 0 Å². The molecule has 3 rings (SSSR count). The van der Waals surface area contributed by atoms with Crippen LogP contribution in [0.4, 0.5) is 5.69 Å². The van der Waals surface area contributed by atoms with Gasteiger partial charge in [-0.1, -0.05) is 19.1 Å². The van der Waals surface area contributed by atoms with Crippen molar-refractivity contribution in [2.24, 2.45) is 0 Å². The maximum Gasteiger partial charge on any atom is 0.162 e. The maximum atomic E-state index is 4.25. The molecule has 1 unspecified atom stereocenters. The Labute approximate surface area is 131 Å². The first-order valence-corrected chi connectivity index (χ1v) is 7.69. The second kappa shape index (κ2) is 6.98. The van der Waals surface area contributed by atoms with E-state index in [2.05, 4.69) is 57.5 Å². The number of allylic oxidation sites excluding steroid dienone is 3. The molecule has 0 aliphatic carbocycles. The molecular formula is C18H20N4. The molecule has 0 saturated heterocycles. The lowest BCUT2D eigenvalue weighted by molar-refractivity contribution is 0.641. The summed E-state index contributed by atoms with van der Waals surface area (Å²) >= 11 is 0. The molecule has 0 bridgehead atoms. The third-order valence-electron chi connectivity index (χ3n) is 3.92. The molecule has 0 spiro atoms. The van der Waals surface area contributed by atoms with Crippen LogP contribution in [0, 0.1) is 0 Å². The monoisotopic (exact) mass is 292 g/mol. The van der Waals surface area contributed by atoms with Gasteiger partial charge in [-0.25, -0.2) is 15.0 Å². The molecule has 1 aromatic carbocycles. The first-order chi connectivity index (χ1) is 10.8. The zero-order valence-electron chi connectivity index (χ0n) is 12.7. The summed E-state index contributed by atoms with van der Waals surface area (Å²) in [5, 5.41) is 3.38. The second-order valence-corrected chi connectivity index (χ2v) is 5.53. The minimum Gasteiger partial charge on any atom is -0.361 e. The highest BCUT2D eigenvalue weighted by Gasteiger charge is 2.13. The van der Waals surface area contributed by atoms with Crippen LogP contribution in [0.5, 0.6) is 0 Å². The summed E-state index contributed by atoms with van der Waals surface area (Å²) in [6.07, 6.45) is 14.9. The van der Waals surface area contributed by atoms with Gasteiger partial charge in [0.15, 0.2) is 5.82 Å². The van der Waals surface area contributed by atoms with Crippen molar-refractivity contribution in [1.82, 2.24) is 15.0 Å². The predicted octanol–water partition coefficient (Wildman–Crippen LogP) is 4.31. The Morgan fingerprint density at radius 1 is 1.14 bits per heavy atom. The average molecular weight is 292 g/mol. The van der Waals surface area contributed by atoms with Crippen molar-refractivity contribution in [3.63, 3.8) is 0 Å². The molecule has 22 heavy (non-hydrogen) atoms. The van der Waals surface area contributed by atoms with E-state index in [1.807, 2.05) is 12.3 Å². The Kier molecular flexibility index (Phi) is 4.59. The molecule has 2 aromatic rings. The third-order valence-corrected chi connectivity index (χ3v) is 3.92. The van der Waals surface area contributed by atoms with Crippen LogP contribution < -0.4 is 5.32 Å². The van der Waals surface area contributed by atoms with Gasteiger partial charge < -0.3 is 5.32 Å². The SMILES string of the molecule is CC1CCC/C=C/C=C\Nc2ccc(-c3ncncn3)cc21. The number of anilines is 1. The zero-order valence-corrected chi connectivity index (χ0v) is 12.7. The summed E-state index contributed by atoms with van der Waals surface area (Å²) in [5.74, 6) is 1.21. The number of fused-ring (bicyclic) bond motifs is 1. The molecular weight excluding hydrogens is 272 g/mol. The van der Waals surface area contributed by atoms with Crippen molar-refractivity contribution in [3.05, 3.63) is 60.8 Å². The van der Waals surface area contributed by atoms with Gasteiger partial charge in [0.1, 0.15) is 12.7 Å². The van der Waals surface area contributed by atoms with Crippen LogP contribution in [-0.4, -0.2) is 15.0 Å². The summed E-state index contributed by atoms with van der Waals surface area (Å²) in [6.45, 7) is 2.28. The van der Waals surface area contributed by atoms with Gasteiger partial charge in [0.05, 0.1) is 0 Å². The number of hydrogen-bond donors (Lipinski definition) is 1. The predicted molar refractivity (Wildman–Crippen MR) is 89.4 cm³/mol. The van der Waals surface area contributed by atoms with E-state index in [4.69, 9.17) is 0 Å². The molecule has 4 heteroatoms. The van der Waals surface area contributed by atoms with E-state index in [9.17, 15) is 0 Å². The first-order valence-electron chi connectivity index (χ1n) is 7.69. The minimum atomic E-state index is 0.490. The molecule has 1 aliphatic rings. The summed E-state index contributed by atoms with van der Waals surface area (Å²) in [7, 11) is 0. The van der Waals surface area contributed by atoms with Gasteiger partial charge in [-0.2, -0.15) is 0 Å². The second-order valence-electron chi connectivity index (χ2n) is 5.53. The largest absolute Gasteiger partial charge is 0.361 e. The van der Waals surface area contributed by atoms with E-state index in [1.54, 1.807) is 0 Å². The van der Waals surface area contributed by atoms with Crippen LogP contribution >= 0.6 is 0 Å². The van der Waals surface area contributed by atoms with Crippen molar-refractivity contribution in [2.45, 2.75) is 32.1 Å². The van der Waals surface area contributed by atoms with E-state index in [-0.39, 0.29) is 0 Å². The summed E-state index contributed by atoms with van der Waals surface area (Å²) in [5.41, 5.74) is 3.49. The van der Waals surface area contributed by atoms with Crippen molar-refractivity contribution >= 4 is 5.69 Å². The van der Waals surface area contributed by atoms with Crippen LogP contribution in [0.15, 0.2) is 55.3 Å². The van der Waals surface area contributed by atoms with Crippen molar-refractivity contribution < 1.29 is 0 Å². The zero-order chi connectivity index (χ0) is 15.2. The molecule has 4 nitrogen and oxygen atoms in total. The highest BCUT2D eigenvalue weighted by atomic mass is 15.0. The van der Waals surface area contributed by atoms with E-state index in [1.165, 1.54) is 31.1 Å². The molecule has 0 fully saturated rings. The normalized spacial score (nSPS) is 21.0. The summed E-state index contributed by atoms with van der Waals surface area (Å²) < 4.78 is 0. The van der Waals surface area contributed by atoms with Gasteiger partial charge in [-0.3, -0.25) is 0 Å². The summed E-state index contributed by atoms with van der Waals surface area (Å²) in [6, 6.07) is 6.36. The highest BCUT2D eigenvalue weighted by Crippen LogP contribution is 2.32. The Hall–Kier alpha value is -2.49. The van der Waals surface area contributed by atoms with Gasteiger partial charge in [-0.15, -0.1) is 0 Å². The van der Waals surface area contributed by atoms with Crippen molar-refractivity contribution in [3.8, 4) is 11.4 Å². The number of hydrogen-bond acceptors (Lipinski definition) is 4. The molecule has 1 aromatic heterocycles. The third kappa shape index (κ3) is 3.39. The average Bonchev–Trinajstić information content (AvgIpc) is 2.61. The van der Waals surface area contributed by atoms with Crippen molar-refractivity contribution in [2.75, 3.05) is 5.32 Å². The maximum absolute atomic E-state index is 4.25. The van der Waals surface area contributed by atoms with E-state index >= 15 is 0 Å². The quantitative estimate of drug-likeness (QED) is 0.851. The van der Waals surface area contributed by atoms with Crippen LogP contribution in [0.25, 0.3) is 11.4 Å². The van der Waals surface area contributed by atoms with Crippen molar-refractivity contribution in [1.29, 1.82) is 0 Å². The van der Waals surface area contributed by atoms with Crippen LogP contribution in [0.1, 0.15) is 37.7 Å². The number of rotatable bonds is 1. The standard InChI is InChI=1S/C18H20N4/c1-14-7-5-3-2-4-6-10-20-17-9-8-15(11-16(14)17)18-21-12-19-13-22-18/h2,4,6,8-14,20H,3,5,7H2,1H3/b4-2+,10-6-. The molecule has 1 aliphatic heterocycles. The number of nitrogens with one attached hydrogen (secondary N) is 1. The fraction of sp³-hybridized carbons (Fsp3) is 0.278. The molecule has 112 valence electrons. The van der Waals surface area contributed by atoms with Gasteiger partial charge in [0, 0.05) is 17.5 Å². The van der Waals surface area contributed by atoms with E-state index < -0.39 is 0 Å². The molecule has 1 N–H and O–H groups in total. The highest BCUT2D eigenvalue weighted by molar-refractivity contribution is 5.65. The van der Waals surface area contributed by atoms with E-state index in [0.717, 1.165) is 23.5 Å². The summed E-state index contributed by atoms with van der Waals surface area (Å²) in [4.78, 5) is 12.4. The van der Waals surface area contributed by atoms with E-state index in [0.29, 0.717) is 5.92 Å². The fourth-order valence-corrected chi connectivity index (χ4v) is 2.69. The van der Waals surface area contributed by atoms with Crippen LogP contribution in [0.2, 0.25) is 0 Å². The minimum absolute atomic E-state index is 0.490. The Morgan fingerprint density at radius 2 is 2.00 bits per heavy atom. The lowest BCUT2D eigenvalue weighted by Gasteiger charge is -2.17. The Morgan fingerprint density at radius 3 is 2.86 bits per heavy atom. The van der Waals surface area contributed by atoms with Gasteiger partial charge in [0.2, 0.25) is 0 Å². The molecule has 0 amide bonds. The molecule has 0 radical (unpaired) electrons. The Balaban J connectivity index is 1.98. The fourth-order valence-electron chi connectivity index (χ4n) is 2.69. The number of aromatic nitrogens is 3. The number of nitrogens with zero attached hydrogens (tertiary/aromatic N) is 3. The topological polar surface area (TPSA) is 50.7 Å². The molecule has 2 heterocycles. The molecule has 1 atom stereocenters. The Bertz CT molecular complexity index is 677. The first kappa shape index (κ1) is 14.4. The molecule has 0 saturated carbocycles. The number of benzene rings is 1. The van der Waals surface area contributed by atoms with Gasteiger partial charge in [0.25, 0.3) is 0 Å². The lowest BCUT2D eigenvalue weighted by Crippen LogP contribution is -2.01. The van der Waals surface area contributed by atoms with Crippen LogP contribution in [-0.2, 0) is 0 Å². The van der Waals surface area contributed by atoms with Gasteiger partial charge in [-0.05, 0) is 55.0 Å². The lowest BCUT2D eigenvalue weighted by atomic mass is 9.92. The van der Waals surface area contributed by atoms with Crippen LogP contribution in [0.3, 0.4) is 0 Å².